The van der Waals surface area contributed by atoms with Crippen LogP contribution in [0.25, 0.3) is 0 Å². The Morgan fingerprint density at radius 1 is 1.09 bits per heavy atom. The Kier molecular flexibility index (Phi) is 5.94. The van der Waals surface area contributed by atoms with Crippen molar-refractivity contribution in [2.45, 2.75) is 63.6 Å². The lowest BCUT2D eigenvalue weighted by Gasteiger charge is -2.42. The monoisotopic (exact) mass is 324 g/mol. The summed E-state index contributed by atoms with van der Waals surface area (Å²) in [6, 6.07) is 0. The van der Waals surface area contributed by atoms with E-state index in [0.717, 1.165) is 51.9 Å². The van der Waals surface area contributed by atoms with Gasteiger partial charge < -0.3 is 19.7 Å². The minimum Gasteiger partial charge on any atom is -0.384 e. The van der Waals surface area contributed by atoms with Crippen molar-refractivity contribution in [2.75, 3.05) is 39.9 Å². The van der Waals surface area contributed by atoms with Gasteiger partial charge in [-0.15, -0.1) is 0 Å². The summed E-state index contributed by atoms with van der Waals surface area (Å²) < 4.78 is 11.6. The van der Waals surface area contributed by atoms with Gasteiger partial charge in [-0.1, -0.05) is 12.8 Å². The molecule has 0 radical (unpaired) electrons. The molecular weight excluding hydrogens is 292 g/mol. The molecule has 0 unspecified atom stereocenters. The van der Waals surface area contributed by atoms with Gasteiger partial charge in [-0.05, 0) is 51.6 Å². The molecule has 2 heterocycles. The highest BCUT2D eigenvalue weighted by Gasteiger charge is 2.43. The molecule has 5 nitrogen and oxygen atoms in total. The van der Waals surface area contributed by atoms with Gasteiger partial charge in [0.15, 0.2) is 0 Å². The van der Waals surface area contributed by atoms with Gasteiger partial charge in [0.1, 0.15) is 0 Å². The highest BCUT2D eigenvalue weighted by Crippen LogP contribution is 2.33. The normalized spacial score (nSPS) is 26.6. The maximum atomic E-state index is 13.1. The number of nitrogens with zero attached hydrogens (tertiary/aromatic N) is 1. The van der Waals surface area contributed by atoms with E-state index in [1.165, 1.54) is 25.7 Å². The molecule has 132 valence electrons. The van der Waals surface area contributed by atoms with Crippen LogP contribution in [-0.2, 0) is 14.3 Å². The van der Waals surface area contributed by atoms with Gasteiger partial charge in [-0.2, -0.15) is 0 Å². The second-order valence-corrected chi connectivity index (χ2v) is 7.50. The molecule has 3 rings (SSSR count). The van der Waals surface area contributed by atoms with E-state index < -0.39 is 0 Å². The molecule has 0 atom stereocenters. The third kappa shape index (κ3) is 4.06. The standard InChI is InChI=1S/C18H32N2O3/c1-22-14-18(8-10-19-11-9-18)17(21)20-12-6-16(7-13-20)23-15-4-2-3-5-15/h15-16,19H,2-14H2,1H3. The second kappa shape index (κ2) is 7.95. The van der Waals surface area contributed by atoms with Crippen LogP contribution in [0.5, 0.6) is 0 Å². The highest BCUT2D eigenvalue weighted by atomic mass is 16.5. The predicted molar refractivity (Wildman–Crippen MR) is 89.4 cm³/mol. The summed E-state index contributed by atoms with van der Waals surface area (Å²) in [7, 11) is 1.71. The number of methoxy groups -OCH3 is 1. The van der Waals surface area contributed by atoms with Crippen LogP contribution in [0.2, 0.25) is 0 Å². The van der Waals surface area contributed by atoms with Gasteiger partial charge in [0.05, 0.1) is 24.2 Å². The van der Waals surface area contributed by atoms with Gasteiger partial charge >= 0.3 is 0 Å². The fourth-order valence-electron chi connectivity index (χ4n) is 4.43. The summed E-state index contributed by atoms with van der Waals surface area (Å²) >= 11 is 0. The molecule has 23 heavy (non-hydrogen) atoms. The summed E-state index contributed by atoms with van der Waals surface area (Å²) in [5.74, 6) is 0.306. The zero-order valence-electron chi connectivity index (χ0n) is 14.5. The number of hydrogen-bond donors (Lipinski definition) is 1. The van der Waals surface area contributed by atoms with Gasteiger partial charge in [0.2, 0.25) is 5.91 Å². The molecule has 0 spiro atoms. The van der Waals surface area contributed by atoms with E-state index in [1.807, 2.05) is 0 Å². The van der Waals surface area contributed by atoms with Gasteiger partial charge in [-0.3, -0.25) is 4.79 Å². The fraction of sp³-hybridized carbons (Fsp3) is 0.944. The largest absolute Gasteiger partial charge is 0.384 e. The SMILES string of the molecule is COCC1(C(=O)N2CCC(OC3CCCC3)CC2)CCNCC1. The first-order chi connectivity index (χ1) is 11.2. The van der Waals surface area contributed by atoms with Crippen molar-refractivity contribution >= 4 is 5.91 Å². The van der Waals surface area contributed by atoms with Crippen molar-refractivity contribution in [3.05, 3.63) is 0 Å². The topological polar surface area (TPSA) is 50.8 Å². The van der Waals surface area contributed by atoms with E-state index in [2.05, 4.69) is 10.2 Å². The zero-order chi connectivity index (χ0) is 16.1. The van der Waals surface area contributed by atoms with Crippen LogP contribution in [0.1, 0.15) is 51.4 Å². The Hall–Kier alpha value is -0.650. The maximum absolute atomic E-state index is 13.1. The van der Waals surface area contributed by atoms with Crippen molar-refractivity contribution < 1.29 is 14.3 Å². The van der Waals surface area contributed by atoms with E-state index >= 15 is 0 Å². The molecule has 1 amide bonds. The predicted octanol–water partition coefficient (Wildman–Crippen LogP) is 1.95. The van der Waals surface area contributed by atoms with Crippen LogP contribution in [0, 0.1) is 5.41 Å². The molecule has 5 heteroatoms. The van der Waals surface area contributed by atoms with E-state index in [1.54, 1.807) is 7.11 Å². The van der Waals surface area contributed by atoms with E-state index in [0.29, 0.717) is 24.7 Å². The Bertz CT molecular complexity index is 376. The second-order valence-electron chi connectivity index (χ2n) is 7.50. The van der Waals surface area contributed by atoms with E-state index in [-0.39, 0.29) is 5.41 Å². The highest BCUT2D eigenvalue weighted by molar-refractivity contribution is 5.83. The summed E-state index contributed by atoms with van der Waals surface area (Å²) in [6.45, 7) is 4.06. The van der Waals surface area contributed by atoms with Crippen LogP contribution in [0.3, 0.4) is 0 Å². The molecule has 3 aliphatic rings. The third-order valence-electron chi connectivity index (χ3n) is 5.85. The number of carbonyl (C=O) groups is 1. The fourth-order valence-corrected chi connectivity index (χ4v) is 4.43. The molecular formula is C18H32N2O3. The number of rotatable bonds is 5. The maximum Gasteiger partial charge on any atom is 0.231 e. The Balaban J connectivity index is 1.52. The third-order valence-corrected chi connectivity index (χ3v) is 5.85. The summed E-state index contributed by atoms with van der Waals surface area (Å²) in [5, 5.41) is 3.36. The number of nitrogens with one attached hydrogen (secondary N) is 1. The van der Waals surface area contributed by atoms with Crippen molar-refractivity contribution in [1.82, 2.24) is 10.2 Å². The molecule has 1 N–H and O–H groups in total. The minimum absolute atomic E-state index is 0.306. The smallest absolute Gasteiger partial charge is 0.231 e. The van der Waals surface area contributed by atoms with Crippen molar-refractivity contribution in [3.63, 3.8) is 0 Å². The summed E-state index contributed by atoms with van der Waals surface area (Å²) in [6.07, 6.45) is 9.67. The first-order valence-corrected chi connectivity index (χ1v) is 9.38. The Morgan fingerprint density at radius 2 is 1.70 bits per heavy atom. The molecule has 1 aliphatic carbocycles. The van der Waals surface area contributed by atoms with Crippen LogP contribution < -0.4 is 5.32 Å². The average Bonchev–Trinajstić information content (AvgIpc) is 3.09. The molecule has 0 bridgehead atoms. The molecule has 0 aromatic heterocycles. The lowest BCUT2D eigenvalue weighted by molar-refractivity contribution is -0.150. The first kappa shape index (κ1) is 17.2. The Morgan fingerprint density at radius 3 is 2.30 bits per heavy atom. The Labute approximate surface area is 140 Å². The quantitative estimate of drug-likeness (QED) is 0.840. The van der Waals surface area contributed by atoms with Crippen LogP contribution in [0.15, 0.2) is 0 Å². The van der Waals surface area contributed by atoms with E-state index in [9.17, 15) is 4.79 Å². The molecule has 2 aliphatic heterocycles. The van der Waals surface area contributed by atoms with E-state index in [4.69, 9.17) is 9.47 Å². The molecule has 2 saturated heterocycles. The number of amides is 1. The number of piperidine rings is 2. The number of carbonyl (C=O) groups excluding carboxylic acids is 1. The van der Waals surface area contributed by atoms with Crippen molar-refractivity contribution in [2.24, 2.45) is 5.41 Å². The zero-order valence-corrected chi connectivity index (χ0v) is 14.5. The van der Waals surface area contributed by atoms with Gasteiger partial charge in [0.25, 0.3) is 0 Å². The minimum atomic E-state index is -0.306. The van der Waals surface area contributed by atoms with Crippen LogP contribution in [0.4, 0.5) is 0 Å². The summed E-state index contributed by atoms with van der Waals surface area (Å²) in [4.78, 5) is 15.2. The van der Waals surface area contributed by atoms with Crippen molar-refractivity contribution in [1.29, 1.82) is 0 Å². The lowest BCUT2D eigenvalue weighted by Crippen LogP contribution is -2.53. The number of hydrogen-bond acceptors (Lipinski definition) is 4. The van der Waals surface area contributed by atoms with Gasteiger partial charge in [-0.25, -0.2) is 0 Å². The molecule has 3 fully saturated rings. The molecule has 0 aromatic carbocycles. The van der Waals surface area contributed by atoms with Crippen LogP contribution in [-0.4, -0.2) is 62.9 Å². The molecule has 0 aromatic rings. The van der Waals surface area contributed by atoms with Gasteiger partial charge in [0, 0.05) is 20.2 Å². The average molecular weight is 324 g/mol. The van der Waals surface area contributed by atoms with Crippen LogP contribution >= 0.6 is 0 Å². The molecule has 1 saturated carbocycles. The number of ether oxygens (including phenoxy) is 2. The van der Waals surface area contributed by atoms with Crippen molar-refractivity contribution in [3.8, 4) is 0 Å². The first-order valence-electron chi connectivity index (χ1n) is 9.38. The number of likely N-dealkylation sites (tertiary alicyclic amines) is 1. The summed E-state index contributed by atoms with van der Waals surface area (Å²) in [5.41, 5.74) is -0.306. The lowest BCUT2D eigenvalue weighted by atomic mass is 9.78.